The average molecular weight is 380 g/mol. The van der Waals surface area contributed by atoms with E-state index < -0.39 is 0 Å². The van der Waals surface area contributed by atoms with E-state index in [0.717, 1.165) is 24.1 Å². The van der Waals surface area contributed by atoms with Crippen molar-refractivity contribution in [1.82, 2.24) is 19.9 Å². The lowest BCUT2D eigenvalue weighted by Crippen LogP contribution is -2.34. The van der Waals surface area contributed by atoms with Gasteiger partial charge in [0.25, 0.3) is 5.56 Å². The summed E-state index contributed by atoms with van der Waals surface area (Å²) < 4.78 is 1.40. The summed E-state index contributed by atoms with van der Waals surface area (Å²) in [5.41, 5.74) is 7.54. The van der Waals surface area contributed by atoms with Gasteiger partial charge in [0.05, 0.1) is 6.54 Å². The molecule has 1 aliphatic carbocycles. The summed E-state index contributed by atoms with van der Waals surface area (Å²) in [6, 6.07) is 3.52. The number of carbonyl (C=O) groups is 1. The molecule has 2 aromatic heterocycles. The predicted molar refractivity (Wildman–Crippen MR) is 107 cm³/mol. The van der Waals surface area contributed by atoms with Crippen molar-refractivity contribution in [2.45, 2.75) is 39.8 Å². The average Bonchev–Trinajstić information content (AvgIpc) is 3.47. The maximum absolute atomic E-state index is 12.6. The third kappa shape index (κ3) is 5.10. The number of aryl methyl sites for hydroxylation is 2. The van der Waals surface area contributed by atoms with Gasteiger partial charge < -0.3 is 16.4 Å². The van der Waals surface area contributed by atoms with Gasteiger partial charge in [-0.2, -0.15) is 0 Å². The van der Waals surface area contributed by atoms with Crippen LogP contribution in [-0.2, 0) is 17.9 Å². The molecule has 0 bridgehead atoms. The van der Waals surface area contributed by atoms with Gasteiger partial charge >= 0.3 is 0 Å². The van der Waals surface area contributed by atoms with Crippen molar-refractivity contribution in [3.63, 3.8) is 0 Å². The number of rotatable bonds is 6. The second kappa shape index (κ2) is 8.57. The van der Waals surface area contributed by atoms with Crippen LogP contribution in [0.15, 0.2) is 23.1 Å². The number of carbonyl (C=O) groups excluding carboxylic acids is 1. The Kier molecular flexibility index (Phi) is 5.94. The fourth-order valence-electron chi connectivity index (χ4n) is 2.63. The Bertz CT molecular complexity index is 998. The first-order valence-corrected chi connectivity index (χ1v) is 9.21. The zero-order chi connectivity index (χ0) is 20.1. The molecule has 4 N–H and O–H groups in total. The highest BCUT2D eigenvalue weighted by Gasteiger charge is 2.17. The number of amides is 1. The number of nitrogens with zero attached hydrogens (tertiary/aromatic N) is 3. The van der Waals surface area contributed by atoms with Crippen LogP contribution in [-0.4, -0.2) is 27.0 Å². The maximum Gasteiger partial charge on any atom is 0.293 e. The largest absolute Gasteiger partial charge is 0.384 e. The fourth-order valence-corrected chi connectivity index (χ4v) is 2.63. The summed E-state index contributed by atoms with van der Waals surface area (Å²) in [6.07, 6.45) is 3.88. The summed E-state index contributed by atoms with van der Waals surface area (Å²) in [7, 11) is 0. The third-order valence-electron chi connectivity index (χ3n) is 4.48. The van der Waals surface area contributed by atoms with E-state index in [4.69, 9.17) is 5.73 Å². The first kappa shape index (κ1) is 19.4. The van der Waals surface area contributed by atoms with E-state index in [-0.39, 0.29) is 23.8 Å². The molecule has 0 unspecified atom stereocenters. The quantitative estimate of drug-likeness (QED) is 0.644. The maximum atomic E-state index is 12.6. The fraction of sp³-hybridized carbons (Fsp3) is 0.400. The highest BCUT2D eigenvalue weighted by Crippen LogP contribution is 2.27. The van der Waals surface area contributed by atoms with E-state index in [9.17, 15) is 9.59 Å². The van der Waals surface area contributed by atoms with Gasteiger partial charge in [0.2, 0.25) is 5.91 Å². The number of pyridine rings is 1. The van der Waals surface area contributed by atoms with Crippen LogP contribution in [0.2, 0.25) is 0 Å². The Morgan fingerprint density at radius 1 is 1.36 bits per heavy atom. The second-order valence-electron chi connectivity index (χ2n) is 6.85. The molecule has 8 nitrogen and oxygen atoms in total. The zero-order valence-corrected chi connectivity index (χ0v) is 16.1. The van der Waals surface area contributed by atoms with Crippen LogP contribution >= 0.6 is 0 Å². The molecule has 1 saturated carbocycles. The van der Waals surface area contributed by atoms with Crippen molar-refractivity contribution in [3.05, 3.63) is 45.6 Å². The first-order valence-electron chi connectivity index (χ1n) is 9.21. The summed E-state index contributed by atoms with van der Waals surface area (Å²) >= 11 is 0. The number of hydrogen-bond donors (Lipinski definition) is 3. The van der Waals surface area contributed by atoms with Gasteiger partial charge in [-0.1, -0.05) is 17.9 Å². The normalized spacial score (nSPS) is 12.8. The molecule has 0 radical (unpaired) electrons. The SMILES string of the molecule is Cc1nc(N)ccc1CNC(=O)Cn1c(C)cnc(NCC#CC2CC2)c1=O. The number of nitrogen functional groups attached to an aromatic ring is 1. The van der Waals surface area contributed by atoms with Crippen LogP contribution in [0.4, 0.5) is 11.6 Å². The van der Waals surface area contributed by atoms with Crippen LogP contribution in [0.25, 0.3) is 0 Å². The molecule has 0 saturated heterocycles. The summed E-state index contributed by atoms with van der Waals surface area (Å²) in [6.45, 7) is 4.17. The van der Waals surface area contributed by atoms with Crippen LogP contribution in [0, 0.1) is 31.6 Å². The Balaban J connectivity index is 1.62. The van der Waals surface area contributed by atoms with Crippen molar-refractivity contribution in [3.8, 4) is 11.8 Å². The molecular formula is C20H24N6O2. The molecule has 1 aliphatic rings. The molecule has 0 atom stereocenters. The van der Waals surface area contributed by atoms with E-state index in [2.05, 4.69) is 32.4 Å². The minimum Gasteiger partial charge on any atom is -0.384 e. The molecule has 1 fully saturated rings. The molecule has 28 heavy (non-hydrogen) atoms. The number of aromatic nitrogens is 3. The summed E-state index contributed by atoms with van der Waals surface area (Å²) in [5, 5.41) is 5.75. The number of hydrogen-bond acceptors (Lipinski definition) is 6. The Labute approximate surface area is 163 Å². The number of nitrogens with two attached hydrogens (primary N) is 1. The minimum atomic E-state index is -0.339. The van der Waals surface area contributed by atoms with Gasteiger partial charge in [-0.05, 0) is 38.3 Å². The van der Waals surface area contributed by atoms with Crippen LogP contribution in [0.3, 0.4) is 0 Å². The standard InChI is InChI=1S/C20H24N6O2/c1-13-10-24-19(22-9-3-4-15-5-6-15)20(28)26(13)12-18(27)23-11-16-7-8-17(21)25-14(16)2/h7-8,10,15H,5-6,9,11-12H2,1-2H3,(H2,21,25)(H,22,24)(H,23,27). The lowest BCUT2D eigenvalue weighted by atomic mass is 10.2. The molecule has 8 heteroatoms. The Morgan fingerprint density at radius 3 is 2.86 bits per heavy atom. The van der Waals surface area contributed by atoms with E-state index in [0.29, 0.717) is 30.5 Å². The molecule has 2 aromatic rings. The van der Waals surface area contributed by atoms with Crippen molar-refractivity contribution in [1.29, 1.82) is 0 Å². The smallest absolute Gasteiger partial charge is 0.293 e. The second-order valence-corrected chi connectivity index (χ2v) is 6.85. The van der Waals surface area contributed by atoms with Crippen molar-refractivity contribution in [2.24, 2.45) is 5.92 Å². The monoisotopic (exact) mass is 380 g/mol. The van der Waals surface area contributed by atoms with Gasteiger partial charge in [-0.3, -0.25) is 14.2 Å². The molecule has 2 heterocycles. The number of nitrogens with one attached hydrogen (secondary N) is 2. The van der Waals surface area contributed by atoms with E-state index in [1.807, 2.05) is 13.0 Å². The lowest BCUT2D eigenvalue weighted by molar-refractivity contribution is -0.121. The van der Waals surface area contributed by atoms with E-state index >= 15 is 0 Å². The molecule has 146 valence electrons. The minimum absolute atomic E-state index is 0.0862. The Morgan fingerprint density at radius 2 is 2.14 bits per heavy atom. The van der Waals surface area contributed by atoms with Gasteiger partial charge in [0, 0.05) is 30.0 Å². The van der Waals surface area contributed by atoms with Gasteiger partial charge in [-0.25, -0.2) is 9.97 Å². The third-order valence-corrected chi connectivity index (χ3v) is 4.48. The zero-order valence-electron chi connectivity index (χ0n) is 16.1. The van der Waals surface area contributed by atoms with Gasteiger partial charge in [0.1, 0.15) is 12.4 Å². The molecule has 0 spiro atoms. The number of anilines is 2. The molecule has 3 rings (SSSR count). The molecule has 0 aromatic carbocycles. The summed E-state index contributed by atoms with van der Waals surface area (Å²) in [5.74, 6) is 6.99. The van der Waals surface area contributed by atoms with E-state index in [1.54, 1.807) is 19.2 Å². The summed E-state index contributed by atoms with van der Waals surface area (Å²) in [4.78, 5) is 33.3. The van der Waals surface area contributed by atoms with Crippen molar-refractivity contribution >= 4 is 17.5 Å². The van der Waals surface area contributed by atoms with Crippen LogP contribution < -0.4 is 21.9 Å². The lowest BCUT2D eigenvalue weighted by Gasteiger charge is -2.12. The first-order chi connectivity index (χ1) is 13.4. The topological polar surface area (TPSA) is 115 Å². The molecule has 0 aliphatic heterocycles. The predicted octanol–water partition coefficient (Wildman–Crippen LogP) is 0.979. The Hall–Kier alpha value is -3.34. The molecule has 1 amide bonds. The van der Waals surface area contributed by atoms with Crippen molar-refractivity contribution in [2.75, 3.05) is 17.6 Å². The van der Waals surface area contributed by atoms with Gasteiger partial charge in [-0.15, -0.1) is 0 Å². The molecular weight excluding hydrogens is 356 g/mol. The highest BCUT2D eigenvalue weighted by atomic mass is 16.2. The van der Waals surface area contributed by atoms with E-state index in [1.165, 1.54) is 4.57 Å². The van der Waals surface area contributed by atoms with Gasteiger partial charge in [0.15, 0.2) is 5.82 Å². The van der Waals surface area contributed by atoms with Crippen LogP contribution in [0.5, 0.6) is 0 Å². The van der Waals surface area contributed by atoms with Crippen LogP contribution in [0.1, 0.15) is 29.8 Å². The highest BCUT2D eigenvalue weighted by molar-refractivity contribution is 5.75. The van der Waals surface area contributed by atoms with Crippen molar-refractivity contribution < 1.29 is 4.79 Å².